The fourth-order valence-corrected chi connectivity index (χ4v) is 2.40. The van der Waals surface area contributed by atoms with Gasteiger partial charge in [0.25, 0.3) is 0 Å². The standard InChI is InChI=1S/C11H14F3N3OS/c1-18-9-8(16)7(6-15)19-10(9)17-5-3-2-4-11(12,13)14/h17H,2-5,16H2,1H3. The Morgan fingerprint density at radius 2 is 2.11 bits per heavy atom. The van der Waals surface area contributed by atoms with E-state index < -0.39 is 12.6 Å². The predicted octanol–water partition coefficient (Wildman–Crippen LogP) is 3.36. The van der Waals surface area contributed by atoms with Gasteiger partial charge in [0.05, 0.1) is 7.11 Å². The minimum absolute atomic E-state index is 0.0603. The number of alkyl halides is 3. The van der Waals surface area contributed by atoms with Gasteiger partial charge in [-0.25, -0.2) is 0 Å². The predicted molar refractivity (Wildman–Crippen MR) is 68.4 cm³/mol. The molecule has 0 aliphatic heterocycles. The first-order valence-electron chi connectivity index (χ1n) is 5.56. The lowest BCUT2D eigenvalue weighted by atomic mass is 10.2. The maximum absolute atomic E-state index is 11.9. The van der Waals surface area contributed by atoms with Gasteiger partial charge in [-0.3, -0.25) is 0 Å². The average molecular weight is 293 g/mol. The molecule has 1 aromatic rings. The first kappa shape index (κ1) is 15.4. The van der Waals surface area contributed by atoms with Crippen LogP contribution in [0.15, 0.2) is 0 Å². The third kappa shape index (κ3) is 4.52. The van der Waals surface area contributed by atoms with Crippen molar-refractivity contribution in [2.24, 2.45) is 0 Å². The average Bonchev–Trinajstić information content (AvgIpc) is 2.63. The van der Waals surface area contributed by atoms with Gasteiger partial charge in [-0.05, 0) is 12.8 Å². The van der Waals surface area contributed by atoms with Gasteiger partial charge in [0.15, 0.2) is 5.75 Å². The van der Waals surface area contributed by atoms with Crippen molar-refractivity contribution in [3.05, 3.63) is 4.88 Å². The van der Waals surface area contributed by atoms with E-state index in [9.17, 15) is 13.2 Å². The Balaban J connectivity index is 2.48. The number of hydrogen-bond acceptors (Lipinski definition) is 5. The lowest BCUT2D eigenvalue weighted by Crippen LogP contribution is -2.08. The number of nitrogen functional groups attached to an aromatic ring is 1. The normalized spacial score (nSPS) is 11.1. The lowest BCUT2D eigenvalue weighted by molar-refractivity contribution is -0.135. The number of anilines is 2. The van der Waals surface area contributed by atoms with Crippen LogP contribution < -0.4 is 15.8 Å². The van der Waals surface area contributed by atoms with Crippen LogP contribution in [0.2, 0.25) is 0 Å². The molecule has 0 aliphatic carbocycles. The Kier molecular flexibility index (Phi) is 5.30. The highest BCUT2D eigenvalue weighted by Gasteiger charge is 2.25. The molecule has 0 aromatic carbocycles. The van der Waals surface area contributed by atoms with Crippen LogP contribution in [0.5, 0.6) is 5.75 Å². The molecule has 1 aromatic heterocycles. The molecule has 0 saturated heterocycles. The highest BCUT2D eigenvalue weighted by atomic mass is 32.1. The summed E-state index contributed by atoms with van der Waals surface area (Å²) in [5, 5.41) is 12.3. The highest BCUT2D eigenvalue weighted by Crippen LogP contribution is 2.41. The number of thiophene rings is 1. The molecule has 106 valence electrons. The van der Waals surface area contributed by atoms with Gasteiger partial charge in [-0.15, -0.1) is 11.3 Å². The summed E-state index contributed by atoms with van der Waals surface area (Å²) < 4.78 is 40.9. The lowest BCUT2D eigenvalue weighted by Gasteiger charge is -2.08. The van der Waals surface area contributed by atoms with E-state index in [2.05, 4.69) is 5.32 Å². The number of hydrogen-bond donors (Lipinski definition) is 2. The first-order chi connectivity index (χ1) is 8.89. The SMILES string of the molecule is COc1c(NCCCCC(F)(F)F)sc(C#N)c1N. The second-order valence-electron chi connectivity index (χ2n) is 3.82. The Morgan fingerprint density at radius 3 is 2.63 bits per heavy atom. The van der Waals surface area contributed by atoms with E-state index in [4.69, 9.17) is 15.7 Å². The molecule has 0 atom stereocenters. The van der Waals surface area contributed by atoms with Crippen molar-refractivity contribution in [2.45, 2.75) is 25.4 Å². The van der Waals surface area contributed by atoms with E-state index in [0.717, 1.165) is 11.3 Å². The third-order valence-electron chi connectivity index (χ3n) is 2.38. The molecule has 0 spiro atoms. The summed E-state index contributed by atoms with van der Waals surface area (Å²) in [6.07, 6.45) is -4.46. The maximum Gasteiger partial charge on any atom is 0.389 e. The molecule has 0 bridgehead atoms. The van der Waals surface area contributed by atoms with E-state index in [1.807, 2.05) is 6.07 Å². The zero-order valence-electron chi connectivity index (χ0n) is 10.3. The van der Waals surface area contributed by atoms with Crippen LogP contribution in [0.3, 0.4) is 0 Å². The number of ether oxygens (including phenoxy) is 1. The highest BCUT2D eigenvalue weighted by molar-refractivity contribution is 7.17. The fourth-order valence-electron chi connectivity index (χ4n) is 1.48. The van der Waals surface area contributed by atoms with Crippen LogP contribution in [0.4, 0.5) is 23.9 Å². The minimum atomic E-state index is -4.11. The molecule has 0 unspecified atom stereocenters. The maximum atomic E-state index is 11.9. The van der Waals surface area contributed by atoms with E-state index >= 15 is 0 Å². The number of nitrogens with one attached hydrogen (secondary N) is 1. The molecule has 1 rings (SSSR count). The van der Waals surface area contributed by atoms with Gasteiger partial charge in [0, 0.05) is 13.0 Å². The summed E-state index contributed by atoms with van der Waals surface area (Å²) >= 11 is 1.13. The molecule has 19 heavy (non-hydrogen) atoms. The van der Waals surface area contributed by atoms with Gasteiger partial charge in [-0.2, -0.15) is 18.4 Å². The summed E-state index contributed by atoms with van der Waals surface area (Å²) in [5.41, 5.74) is 5.94. The van der Waals surface area contributed by atoms with Crippen molar-refractivity contribution in [1.29, 1.82) is 5.26 Å². The van der Waals surface area contributed by atoms with Gasteiger partial charge in [0.2, 0.25) is 0 Å². The zero-order chi connectivity index (χ0) is 14.5. The Bertz CT molecular complexity index is 465. The van der Waals surface area contributed by atoms with Crippen LogP contribution in [0.1, 0.15) is 24.1 Å². The molecule has 1 heterocycles. The summed E-state index contributed by atoms with van der Waals surface area (Å²) in [6, 6.07) is 1.94. The Morgan fingerprint density at radius 1 is 1.42 bits per heavy atom. The first-order valence-corrected chi connectivity index (χ1v) is 6.37. The van der Waals surface area contributed by atoms with Gasteiger partial charge < -0.3 is 15.8 Å². The van der Waals surface area contributed by atoms with Crippen molar-refractivity contribution in [3.8, 4) is 11.8 Å². The number of unbranched alkanes of at least 4 members (excludes halogenated alkanes) is 1. The van der Waals surface area contributed by atoms with Crippen molar-refractivity contribution in [1.82, 2.24) is 0 Å². The summed E-state index contributed by atoms with van der Waals surface area (Å²) in [6.45, 7) is 0.372. The Hall–Kier alpha value is -1.62. The van der Waals surface area contributed by atoms with E-state index in [-0.39, 0.29) is 12.1 Å². The van der Waals surface area contributed by atoms with E-state index in [1.54, 1.807) is 0 Å². The molecular formula is C11H14F3N3OS. The summed E-state index contributed by atoms with van der Waals surface area (Å²) in [7, 11) is 1.43. The number of nitriles is 1. The van der Waals surface area contributed by atoms with Crippen LogP contribution >= 0.6 is 11.3 Å². The molecule has 0 radical (unpaired) electrons. The monoisotopic (exact) mass is 293 g/mol. The molecule has 8 heteroatoms. The number of nitrogens with zero attached hydrogens (tertiary/aromatic N) is 1. The fraction of sp³-hybridized carbons (Fsp3) is 0.545. The van der Waals surface area contributed by atoms with E-state index in [1.165, 1.54) is 7.11 Å². The number of halogens is 3. The van der Waals surface area contributed by atoms with Crippen LogP contribution in [-0.4, -0.2) is 19.8 Å². The molecule has 0 amide bonds. The molecular weight excluding hydrogens is 279 g/mol. The van der Waals surface area contributed by atoms with Crippen molar-refractivity contribution in [3.63, 3.8) is 0 Å². The second kappa shape index (κ2) is 6.52. The topological polar surface area (TPSA) is 71.1 Å². The third-order valence-corrected chi connectivity index (χ3v) is 3.43. The van der Waals surface area contributed by atoms with E-state index in [0.29, 0.717) is 28.6 Å². The summed E-state index contributed by atoms with van der Waals surface area (Å²) in [4.78, 5) is 0.328. The smallest absolute Gasteiger partial charge is 0.389 e. The second-order valence-corrected chi connectivity index (χ2v) is 4.84. The van der Waals surface area contributed by atoms with Gasteiger partial charge in [0.1, 0.15) is 21.6 Å². The van der Waals surface area contributed by atoms with Gasteiger partial charge in [-0.1, -0.05) is 0 Å². The van der Waals surface area contributed by atoms with Crippen molar-refractivity contribution in [2.75, 3.05) is 24.7 Å². The van der Waals surface area contributed by atoms with Gasteiger partial charge >= 0.3 is 6.18 Å². The van der Waals surface area contributed by atoms with Crippen molar-refractivity contribution >= 4 is 22.0 Å². The minimum Gasteiger partial charge on any atom is -0.492 e. The van der Waals surface area contributed by atoms with Crippen LogP contribution in [-0.2, 0) is 0 Å². The molecule has 0 fully saturated rings. The molecule has 0 saturated carbocycles. The summed E-state index contributed by atoms with van der Waals surface area (Å²) in [5.74, 6) is 0.373. The van der Waals surface area contributed by atoms with Crippen molar-refractivity contribution < 1.29 is 17.9 Å². The van der Waals surface area contributed by atoms with Crippen LogP contribution in [0, 0.1) is 11.3 Å². The largest absolute Gasteiger partial charge is 0.492 e. The quantitative estimate of drug-likeness (QED) is 0.789. The van der Waals surface area contributed by atoms with Crippen LogP contribution in [0.25, 0.3) is 0 Å². The molecule has 3 N–H and O–H groups in total. The number of rotatable bonds is 6. The molecule has 4 nitrogen and oxygen atoms in total. The Labute approximate surface area is 113 Å². The number of nitrogens with two attached hydrogens (primary N) is 1. The molecule has 0 aliphatic rings. The number of methoxy groups -OCH3 is 1. The zero-order valence-corrected chi connectivity index (χ0v) is 11.1.